The molecule has 0 radical (unpaired) electrons. The smallest absolute Gasteiger partial charge is 0.134 e. The van der Waals surface area contributed by atoms with Gasteiger partial charge in [0.2, 0.25) is 0 Å². The summed E-state index contributed by atoms with van der Waals surface area (Å²) < 4.78 is 0. The fraction of sp³-hybridized carbons (Fsp3) is 0.429. The van der Waals surface area contributed by atoms with E-state index in [0.717, 1.165) is 0 Å². The van der Waals surface area contributed by atoms with Gasteiger partial charge in [0.05, 0.1) is 5.70 Å². The Bertz CT molecular complexity index is 469. The van der Waals surface area contributed by atoms with E-state index in [1.807, 2.05) is 6.08 Å². The maximum absolute atomic E-state index is 9.91. The molecule has 2 heteroatoms. The zero-order chi connectivity index (χ0) is 11.5. The minimum atomic E-state index is 0.111. The molecule has 3 N–H and O–H groups in total. The van der Waals surface area contributed by atoms with Gasteiger partial charge in [-0.25, -0.2) is 0 Å². The fourth-order valence-corrected chi connectivity index (χ4v) is 3.43. The van der Waals surface area contributed by atoms with Crippen molar-refractivity contribution >= 4 is 0 Å². The summed E-state index contributed by atoms with van der Waals surface area (Å²) in [6.45, 7) is 4.32. The average Bonchev–Trinajstić information content (AvgIpc) is 2.68. The first-order valence-electron chi connectivity index (χ1n) is 5.78. The lowest BCUT2D eigenvalue weighted by Crippen LogP contribution is -2.29. The van der Waals surface area contributed by atoms with Crippen molar-refractivity contribution in [2.45, 2.75) is 13.8 Å². The van der Waals surface area contributed by atoms with E-state index < -0.39 is 0 Å². The summed E-state index contributed by atoms with van der Waals surface area (Å²) in [6.07, 6.45) is 10.8. The Hall–Kier alpha value is -1.44. The number of rotatable bonds is 0. The van der Waals surface area contributed by atoms with Gasteiger partial charge in [-0.05, 0) is 18.9 Å². The standard InChI is InChI=1S/C14H17NO/c1-8-7-11(16)13(15)10-4-6-14(2)5-3-9(8)12(10)14/h3-7,9-10,12,16H,15H2,1-2H3. The van der Waals surface area contributed by atoms with Gasteiger partial charge in [0.25, 0.3) is 0 Å². The molecular formula is C14H17NO. The van der Waals surface area contributed by atoms with Crippen LogP contribution in [-0.2, 0) is 0 Å². The van der Waals surface area contributed by atoms with Crippen molar-refractivity contribution in [1.82, 2.24) is 0 Å². The molecule has 16 heavy (non-hydrogen) atoms. The molecule has 4 atom stereocenters. The Morgan fingerprint density at radius 2 is 1.88 bits per heavy atom. The van der Waals surface area contributed by atoms with Gasteiger partial charge >= 0.3 is 0 Å². The molecule has 2 nitrogen and oxygen atoms in total. The van der Waals surface area contributed by atoms with E-state index in [-0.39, 0.29) is 17.1 Å². The van der Waals surface area contributed by atoms with Crippen molar-refractivity contribution in [3.05, 3.63) is 47.4 Å². The average molecular weight is 215 g/mol. The molecule has 0 aromatic carbocycles. The van der Waals surface area contributed by atoms with Crippen LogP contribution in [0.2, 0.25) is 0 Å². The summed E-state index contributed by atoms with van der Waals surface area (Å²) >= 11 is 0. The first kappa shape index (κ1) is 9.76. The normalized spacial score (nSPS) is 44.6. The van der Waals surface area contributed by atoms with Crippen LogP contribution in [0.3, 0.4) is 0 Å². The number of hydrogen-bond acceptors (Lipinski definition) is 2. The molecule has 0 saturated heterocycles. The first-order chi connectivity index (χ1) is 7.53. The summed E-state index contributed by atoms with van der Waals surface area (Å²) in [6, 6.07) is 0. The van der Waals surface area contributed by atoms with Crippen LogP contribution in [0, 0.1) is 23.2 Å². The lowest BCUT2D eigenvalue weighted by Gasteiger charge is -2.31. The van der Waals surface area contributed by atoms with Crippen LogP contribution in [0.1, 0.15) is 13.8 Å². The largest absolute Gasteiger partial charge is 0.506 e. The minimum absolute atomic E-state index is 0.111. The summed E-state index contributed by atoms with van der Waals surface area (Å²) in [5.74, 6) is 1.29. The van der Waals surface area contributed by atoms with Crippen LogP contribution in [0.15, 0.2) is 47.4 Å². The number of aliphatic hydroxyl groups is 1. The Kier molecular flexibility index (Phi) is 1.72. The summed E-state index contributed by atoms with van der Waals surface area (Å²) in [7, 11) is 0. The van der Waals surface area contributed by atoms with E-state index in [1.165, 1.54) is 5.57 Å². The van der Waals surface area contributed by atoms with Crippen LogP contribution < -0.4 is 5.73 Å². The fourth-order valence-electron chi connectivity index (χ4n) is 3.43. The van der Waals surface area contributed by atoms with Gasteiger partial charge in [-0.2, -0.15) is 0 Å². The Morgan fingerprint density at radius 3 is 2.56 bits per heavy atom. The molecule has 0 aromatic heterocycles. The summed E-state index contributed by atoms with van der Waals surface area (Å²) in [4.78, 5) is 0. The van der Waals surface area contributed by atoms with Crippen molar-refractivity contribution in [2.24, 2.45) is 28.9 Å². The second-order valence-electron chi connectivity index (χ2n) is 5.39. The number of hydrogen-bond donors (Lipinski definition) is 2. The highest BCUT2D eigenvalue weighted by Crippen LogP contribution is 2.55. The Balaban J connectivity index is 2.18. The predicted octanol–water partition coefficient (Wildman–Crippen LogP) is 2.67. The number of aliphatic hydroxyl groups excluding tert-OH is 1. The molecule has 4 unspecified atom stereocenters. The van der Waals surface area contributed by atoms with E-state index in [0.29, 0.717) is 17.5 Å². The molecule has 3 aliphatic carbocycles. The monoisotopic (exact) mass is 215 g/mol. The minimum Gasteiger partial charge on any atom is -0.506 e. The maximum atomic E-state index is 9.91. The number of nitrogens with two attached hydrogens (primary N) is 1. The molecule has 0 aliphatic heterocycles. The van der Waals surface area contributed by atoms with E-state index in [2.05, 4.69) is 38.2 Å². The molecule has 0 spiro atoms. The zero-order valence-electron chi connectivity index (χ0n) is 9.64. The molecule has 0 heterocycles. The van der Waals surface area contributed by atoms with Gasteiger partial charge in [-0.1, -0.05) is 36.8 Å². The Labute approximate surface area is 95.8 Å². The van der Waals surface area contributed by atoms with E-state index in [1.54, 1.807) is 0 Å². The van der Waals surface area contributed by atoms with E-state index in [9.17, 15) is 5.11 Å². The molecule has 84 valence electrons. The van der Waals surface area contributed by atoms with Gasteiger partial charge in [0, 0.05) is 17.3 Å². The highest BCUT2D eigenvalue weighted by Gasteiger charge is 2.49. The van der Waals surface area contributed by atoms with Crippen LogP contribution in [0.25, 0.3) is 0 Å². The van der Waals surface area contributed by atoms with Crippen molar-refractivity contribution in [3.63, 3.8) is 0 Å². The molecule has 0 saturated carbocycles. The predicted molar refractivity (Wildman–Crippen MR) is 64.5 cm³/mol. The van der Waals surface area contributed by atoms with Crippen LogP contribution in [0.4, 0.5) is 0 Å². The van der Waals surface area contributed by atoms with E-state index >= 15 is 0 Å². The highest BCUT2D eigenvalue weighted by molar-refractivity contribution is 5.42. The molecule has 3 aliphatic rings. The summed E-state index contributed by atoms with van der Waals surface area (Å²) in [5.41, 5.74) is 7.98. The molecular weight excluding hydrogens is 198 g/mol. The van der Waals surface area contributed by atoms with Crippen molar-refractivity contribution in [2.75, 3.05) is 0 Å². The third-order valence-corrected chi connectivity index (χ3v) is 4.36. The van der Waals surface area contributed by atoms with Crippen molar-refractivity contribution < 1.29 is 5.11 Å². The van der Waals surface area contributed by atoms with E-state index in [4.69, 9.17) is 5.73 Å². The molecule has 0 aromatic rings. The van der Waals surface area contributed by atoms with Gasteiger partial charge in [0.15, 0.2) is 0 Å². The van der Waals surface area contributed by atoms with Gasteiger partial charge in [-0.15, -0.1) is 0 Å². The van der Waals surface area contributed by atoms with Crippen molar-refractivity contribution in [1.29, 1.82) is 0 Å². The lowest BCUT2D eigenvalue weighted by molar-refractivity contribution is 0.276. The molecule has 0 fully saturated rings. The van der Waals surface area contributed by atoms with Crippen LogP contribution in [0.5, 0.6) is 0 Å². The van der Waals surface area contributed by atoms with Gasteiger partial charge in [0.1, 0.15) is 5.76 Å². The highest BCUT2D eigenvalue weighted by atomic mass is 16.3. The first-order valence-corrected chi connectivity index (χ1v) is 5.78. The lowest BCUT2D eigenvalue weighted by atomic mass is 9.72. The quantitative estimate of drug-likeness (QED) is 0.610. The topological polar surface area (TPSA) is 46.2 Å². The third kappa shape index (κ3) is 1.02. The van der Waals surface area contributed by atoms with Gasteiger partial charge < -0.3 is 10.8 Å². The zero-order valence-corrected chi connectivity index (χ0v) is 9.64. The van der Waals surface area contributed by atoms with Gasteiger partial charge in [-0.3, -0.25) is 0 Å². The SMILES string of the molecule is CC1=CC(O)=C(N)C2C=CC3(C)C=CC1C23. The second-order valence-corrected chi connectivity index (χ2v) is 5.39. The molecule has 0 bridgehead atoms. The maximum Gasteiger partial charge on any atom is 0.134 e. The second kappa shape index (κ2) is 2.82. The van der Waals surface area contributed by atoms with Crippen molar-refractivity contribution in [3.8, 4) is 0 Å². The molecule has 0 amide bonds. The van der Waals surface area contributed by atoms with Crippen LogP contribution >= 0.6 is 0 Å². The Morgan fingerprint density at radius 1 is 1.25 bits per heavy atom. The third-order valence-electron chi connectivity index (χ3n) is 4.36. The molecule has 3 rings (SSSR count). The number of allylic oxidation sites excluding steroid dienone is 6. The van der Waals surface area contributed by atoms with Crippen LogP contribution in [-0.4, -0.2) is 5.11 Å². The summed E-state index contributed by atoms with van der Waals surface area (Å²) in [5, 5.41) is 9.91.